The molecule has 4 saturated carbocycles. The third-order valence-corrected chi connectivity index (χ3v) is 8.46. The van der Waals surface area contributed by atoms with Gasteiger partial charge in [-0.1, -0.05) is 25.1 Å². The molecule has 4 aliphatic carbocycles. The van der Waals surface area contributed by atoms with Gasteiger partial charge in [-0.3, -0.25) is 4.79 Å². The van der Waals surface area contributed by atoms with Gasteiger partial charge in [0.05, 0.1) is 16.5 Å². The monoisotopic (exact) mass is 530 g/mol. The van der Waals surface area contributed by atoms with Gasteiger partial charge in [0.25, 0.3) is 0 Å². The van der Waals surface area contributed by atoms with Gasteiger partial charge in [0.15, 0.2) is 0 Å². The fraction of sp³-hybridized carbons (Fsp3) is 0.533. The number of benzene rings is 2. The summed E-state index contributed by atoms with van der Waals surface area (Å²) in [6, 6.07) is 12.0. The van der Waals surface area contributed by atoms with Gasteiger partial charge in [0, 0.05) is 6.42 Å². The van der Waals surface area contributed by atoms with E-state index < -0.39 is 40.1 Å². The summed E-state index contributed by atoms with van der Waals surface area (Å²) in [6.07, 6.45) is -0.150. The normalized spacial score (nSPS) is 28.2. The molecule has 4 fully saturated rings. The quantitative estimate of drug-likeness (QED) is 0.276. The van der Waals surface area contributed by atoms with Crippen LogP contribution < -0.4 is 9.47 Å². The van der Waals surface area contributed by atoms with E-state index in [1.165, 1.54) is 0 Å². The van der Waals surface area contributed by atoms with Crippen LogP contribution in [0.3, 0.4) is 0 Å². The fourth-order valence-corrected chi connectivity index (χ4v) is 6.83. The van der Waals surface area contributed by atoms with Crippen LogP contribution in [0.1, 0.15) is 81.6 Å². The van der Waals surface area contributed by atoms with Crippen LogP contribution in [-0.2, 0) is 15.7 Å². The Bertz CT molecular complexity index is 1210. The van der Waals surface area contributed by atoms with E-state index in [4.69, 9.17) is 14.2 Å². The van der Waals surface area contributed by atoms with Crippen LogP contribution in [0.15, 0.2) is 48.5 Å². The SMILES string of the molecule is CCC(C)(C)Oc1cc(C(=O)OC23CC4CC(C2)CC(C(=O)Oc2ccccc2)(C4)C3)ccc1C(F)(F)F. The molecule has 204 valence electrons. The zero-order valence-corrected chi connectivity index (χ0v) is 21.9. The van der Waals surface area contributed by atoms with Crippen LogP contribution in [0.25, 0.3) is 0 Å². The van der Waals surface area contributed by atoms with E-state index in [0.29, 0.717) is 44.3 Å². The maximum absolute atomic E-state index is 13.7. The number of carbonyl (C=O) groups is 2. The highest BCUT2D eigenvalue weighted by Gasteiger charge is 2.63. The molecule has 0 saturated heterocycles. The molecule has 0 aliphatic heterocycles. The number of hydrogen-bond acceptors (Lipinski definition) is 5. The van der Waals surface area contributed by atoms with Crippen LogP contribution in [-0.4, -0.2) is 23.1 Å². The van der Waals surface area contributed by atoms with Crippen molar-refractivity contribution in [3.05, 3.63) is 59.7 Å². The first-order valence-corrected chi connectivity index (χ1v) is 13.2. The second-order valence-corrected chi connectivity index (χ2v) is 11.9. The van der Waals surface area contributed by atoms with Gasteiger partial charge >= 0.3 is 18.1 Å². The minimum absolute atomic E-state index is 0.00318. The number of rotatable bonds is 7. The Morgan fingerprint density at radius 1 is 0.974 bits per heavy atom. The summed E-state index contributed by atoms with van der Waals surface area (Å²) in [6.45, 7) is 5.21. The van der Waals surface area contributed by atoms with Crippen molar-refractivity contribution in [2.75, 3.05) is 0 Å². The second-order valence-electron chi connectivity index (χ2n) is 11.9. The van der Waals surface area contributed by atoms with E-state index in [2.05, 4.69) is 0 Å². The molecule has 0 amide bonds. The Morgan fingerprint density at radius 3 is 2.24 bits per heavy atom. The average molecular weight is 531 g/mol. The number of para-hydroxylation sites is 1. The molecule has 0 aromatic heterocycles. The summed E-state index contributed by atoms with van der Waals surface area (Å²) in [5, 5.41) is 0. The van der Waals surface area contributed by atoms with Crippen molar-refractivity contribution in [1.29, 1.82) is 0 Å². The number of carbonyl (C=O) groups excluding carboxylic acids is 2. The van der Waals surface area contributed by atoms with E-state index in [1.54, 1.807) is 38.1 Å². The van der Waals surface area contributed by atoms with E-state index in [1.807, 2.05) is 13.0 Å². The third kappa shape index (κ3) is 5.14. The van der Waals surface area contributed by atoms with Crippen molar-refractivity contribution in [2.24, 2.45) is 17.3 Å². The summed E-state index contributed by atoms with van der Waals surface area (Å²) >= 11 is 0. The van der Waals surface area contributed by atoms with E-state index in [0.717, 1.165) is 24.6 Å². The van der Waals surface area contributed by atoms with Crippen molar-refractivity contribution < 1.29 is 37.0 Å². The molecule has 6 rings (SSSR count). The number of halogens is 3. The molecule has 0 N–H and O–H groups in total. The van der Waals surface area contributed by atoms with E-state index in [9.17, 15) is 22.8 Å². The number of alkyl halides is 3. The van der Waals surface area contributed by atoms with Gasteiger partial charge < -0.3 is 14.2 Å². The molecule has 4 bridgehead atoms. The van der Waals surface area contributed by atoms with Crippen molar-refractivity contribution in [3.8, 4) is 11.5 Å². The van der Waals surface area contributed by atoms with Crippen molar-refractivity contribution in [2.45, 2.75) is 83.1 Å². The van der Waals surface area contributed by atoms with Gasteiger partial charge in [-0.15, -0.1) is 0 Å². The van der Waals surface area contributed by atoms with E-state index in [-0.39, 0.29) is 23.4 Å². The number of ether oxygens (including phenoxy) is 3. The van der Waals surface area contributed by atoms with Gasteiger partial charge in [0.2, 0.25) is 0 Å². The summed E-state index contributed by atoms with van der Waals surface area (Å²) in [4.78, 5) is 26.8. The Labute approximate surface area is 220 Å². The molecule has 2 unspecified atom stereocenters. The largest absolute Gasteiger partial charge is 0.487 e. The first-order valence-electron chi connectivity index (χ1n) is 13.2. The Kier molecular flexibility index (Phi) is 6.51. The fourth-order valence-electron chi connectivity index (χ4n) is 6.83. The Balaban J connectivity index is 1.39. The lowest BCUT2D eigenvalue weighted by Gasteiger charge is -2.59. The van der Waals surface area contributed by atoms with Gasteiger partial charge in [0.1, 0.15) is 22.7 Å². The summed E-state index contributed by atoms with van der Waals surface area (Å²) in [5.74, 6) is -0.469. The van der Waals surface area contributed by atoms with Crippen molar-refractivity contribution >= 4 is 11.9 Å². The summed E-state index contributed by atoms with van der Waals surface area (Å²) in [7, 11) is 0. The first-order chi connectivity index (χ1) is 17.8. The standard InChI is InChI=1S/C30H33F3O5/c1-4-27(2,3)37-24-13-21(10-11-23(24)30(31,32)33)25(34)38-29-16-19-12-20(17-29)15-28(14-19,18-29)26(35)36-22-8-6-5-7-9-22/h5-11,13,19-20H,4,12,14-18H2,1-3H3. The predicted molar refractivity (Wildman–Crippen MR) is 134 cm³/mol. The second kappa shape index (κ2) is 9.31. The molecule has 4 aliphatic rings. The molecular formula is C30H33F3O5. The highest BCUT2D eigenvalue weighted by atomic mass is 19.4. The average Bonchev–Trinajstić information content (AvgIpc) is 2.82. The topological polar surface area (TPSA) is 61.8 Å². The van der Waals surface area contributed by atoms with Crippen LogP contribution >= 0.6 is 0 Å². The highest BCUT2D eigenvalue weighted by molar-refractivity contribution is 5.90. The zero-order chi connectivity index (χ0) is 27.3. The first kappa shape index (κ1) is 26.6. The predicted octanol–water partition coefficient (Wildman–Crippen LogP) is 7.37. The molecule has 38 heavy (non-hydrogen) atoms. The van der Waals surface area contributed by atoms with Crippen molar-refractivity contribution in [1.82, 2.24) is 0 Å². The molecule has 2 aromatic carbocycles. The smallest absolute Gasteiger partial charge is 0.419 e. The molecule has 2 aromatic rings. The molecule has 5 nitrogen and oxygen atoms in total. The Hall–Kier alpha value is -3.03. The lowest BCUT2D eigenvalue weighted by molar-refractivity contribution is -0.189. The summed E-state index contributed by atoms with van der Waals surface area (Å²) < 4.78 is 58.6. The third-order valence-electron chi connectivity index (χ3n) is 8.46. The highest BCUT2D eigenvalue weighted by Crippen LogP contribution is 2.63. The maximum atomic E-state index is 13.7. The summed E-state index contributed by atoms with van der Waals surface area (Å²) in [5.41, 5.74) is -3.37. The van der Waals surface area contributed by atoms with Crippen LogP contribution in [0, 0.1) is 17.3 Å². The van der Waals surface area contributed by atoms with Crippen LogP contribution in [0.4, 0.5) is 13.2 Å². The molecular weight excluding hydrogens is 497 g/mol. The van der Waals surface area contributed by atoms with Gasteiger partial charge in [-0.25, -0.2) is 4.79 Å². The molecule has 0 radical (unpaired) electrons. The van der Waals surface area contributed by atoms with E-state index >= 15 is 0 Å². The zero-order valence-electron chi connectivity index (χ0n) is 21.9. The number of hydrogen-bond donors (Lipinski definition) is 0. The minimum atomic E-state index is -4.63. The van der Waals surface area contributed by atoms with Crippen LogP contribution in [0.2, 0.25) is 0 Å². The minimum Gasteiger partial charge on any atom is -0.487 e. The molecule has 0 heterocycles. The molecule has 8 heteroatoms. The lowest BCUT2D eigenvalue weighted by atomic mass is 9.48. The van der Waals surface area contributed by atoms with Crippen LogP contribution in [0.5, 0.6) is 11.5 Å². The Morgan fingerprint density at radius 2 is 1.63 bits per heavy atom. The lowest BCUT2D eigenvalue weighted by Crippen LogP contribution is -2.60. The molecule has 2 atom stereocenters. The van der Waals surface area contributed by atoms with Gasteiger partial charge in [-0.2, -0.15) is 13.2 Å². The number of esters is 2. The maximum Gasteiger partial charge on any atom is 0.419 e. The van der Waals surface area contributed by atoms with Crippen molar-refractivity contribution in [3.63, 3.8) is 0 Å². The van der Waals surface area contributed by atoms with Gasteiger partial charge in [-0.05, 0) is 94.5 Å². The molecule has 0 spiro atoms.